The maximum absolute atomic E-state index is 12.3. The first-order chi connectivity index (χ1) is 11.5. The number of allylic oxidation sites excluding steroid dienone is 2. The van der Waals surface area contributed by atoms with Crippen molar-refractivity contribution in [3.63, 3.8) is 0 Å². The molecule has 2 aliphatic rings. The van der Waals surface area contributed by atoms with Crippen molar-refractivity contribution >= 4 is 46.6 Å². The second kappa shape index (κ2) is 6.95. The Balaban J connectivity index is 1.58. The Labute approximate surface area is 149 Å². The molecule has 3 amide bonds. The molecular weight excluding hydrogens is 351 g/mol. The minimum absolute atomic E-state index is 0.0362. The number of hydrogen-bond donors (Lipinski definition) is 1. The minimum Gasteiger partial charge on any atom is -0.326 e. The molecule has 1 fully saturated rings. The summed E-state index contributed by atoms with van der Waals surface area (Å²) in [6, 6.07) is 4.73. The number of carbonyl (C=O) groups excluding carboxylic acids is 3. The van der Waals surface area contributed by atoms with E-state index in [4.69, 9.17) is 23.2 Å². The SMILES string of the molecule is O=C(CCN1C(=O)[C@@H]2CC=CC[C@H]2C1=O)Nc1cc(Cl)cc(Cl)c1. The molecule has 1 N–H and O–H groups in total. The van der Waals surface area contributed by atoms with Crippen molar-refractivity contribution in [2.24, 2.45) is 11.8 Å². The Morgan fingerprint density at radius 2 is 1.58 bits per heavy atom. The van der Waals surface area contributed by atoms with Crippen molar-refractivity contribution in [1.82, 2.24) is 4.90 Å². The second-order valence-electron chi connectivity index (χ2n) is 5.94. The first-order valence-corrected chi connectivity index (χ1v) is 8.47. The average molecular weight is 367 g/mol. The molecule has 1 aliphatic heterocycles. The molecule has 126 valence electrons. The largest absolute Gasteiger partial charge is 0.326 e. The number of nitrogens with one attached hydrogen (secondary N) is 1. The standard InChI is InChI=1S/C17H16Cl2N2O3/c18-10-7-11(19)9-12(8-10)20-15(22)5-6-21-16(23)13-3-1-2-4-14(13)17(21)24/h1-2,7-9,13-14H,3-6H2,(H,20,22)/t13-,14-/m1/s1. The van der Waals surface area contributed by atoms with E-state index in [0.717, 1.165) is 0 Å². The van der Waals surface area contributed by atoms with E-state index in [-0.39, 0.29) is 42.5 Å². The van der Waals surface area contributed by atoms with Gasteiger partial charge in [0.2, 0.25) is 17.7 Å². The summed E-state index contributed by atoms with van der Waals surface area (Å²) in [6.07, 6.45) is 5.10. The van der Waals surface area contributed by atoms with Crippen LogP contribution in [0.4, 0.5) is 5.69 Å². The first kappa shape index (κ1) is 17.0. The summed E-state index contributed by atoms with van der Waals surface area (Å²) in [5, 5.41) is 3.50. The number of nitrogens with zero attached hydrogens (tertiary/aromatic N) is 1. The Morgan fingerprint density at radius 1 is 1.04 bits per heavy atom. The Bertz CT molecular complexity index is 686. The lowest BCUT2D eigenvalue weighted by Gasteiger charge is -2.14. The maximum Gasteiger partial charge on any atom is 0.233 e. The molecule has 1 saturated heterocycles. The minimum atomic E-state index is -0.304. The van der Waals surface area contributed by atoms with E-state index in [1.54, 1.807) is 18.2 Å². The summed E-state index contributed by atoms with van der Waals surface area (Å²) >= 11 is 11.8. The topological polar surface area (TPSA) is 66.5 Å². The van der Waals surface area contributed by atoms with Gasteiger partial charge >= 0.3 is 0 Å². The van der Waals surface area contributed by atoms with E-state index in [9.17, 15) is 14.4 Å². The number of anilines is 1. The van der Waals surface area contributed by atoms with Crippen molar-refractivity contribution < 1.29 is 14.4 Å². The van der Waals surface area contributed by atoms with Crippen LogP contribution in [0.25, 0.3) is 0 Å². The van der Waals surface area contributed by atoms with Crippen LogP contribution in [-0.2, 0) is 14.4 Å². The lowest BCUT2D eigenvalue weighted by Crippen LogP contribution is -2.34. The summed E-state index contributed by atoms with van der Waals surface area (Å²) in [5.41, 5.74) is 0.481. The average Bonchev–Trinajstić information content (AvgIpc) is 2.76. The molecule has 7 heteroatoms. The van der Waals surface area contributed by atoms with Crippen LogP contribution in [0.5, 0.6) is 0 Å². The summed E-state index contributed by atoms with van der Waals surface area (Å²) < 4.78 is 0. The van der Waals surface area contributed by atoms with Crippen molar-refractivity contribution in [2.75, 3.05) is 11.9 Å². The summed E-state index contributed by atoms with van der Waals surface area (Å²) in [7, 11) is 0. The molecule has 3 rings (SSSR count). The van der Waals surface area contributed by atoms with E-state index < -0.39 is 0 Å². The van der Waals surface area contributed by atoms with Gasteiger partial charge in [0, 0.05) is 28.7 Å². The van der Waals surface area contributed by atoms with Crippen LogP contribution in [0.3, 0.4) is 0 Å². The van der Waals surface area contributed by atoms with E-state index in [1.807, 2.05) is 12.2 Å². The quantitative estimate of drug-likeness (QED) is 0.656. The van der Waals surface area contributed by atoms with Crippen LogP contribution in [0, 0.1) is 11.8 Å². The third-order valence-electron chi connectivity index (χ3n) is 4.31. The van der Waals surface area contributed by atoms with E-state index in [0.29, 0.717) is 28.6 Å². The fraction of sp³-hybridized carbons (Fsp3) is 0.353. The molecule has 1 aromatic carbocycles. The van der Waals surface area contributed by atoms with Crippen LogP contribution in [-0.4, -0.2) is 29.2 Å². The van der Waals surface area contributed by atoms with Gasteiger partial charge in [-0.2, -0.15) is 0 Å². The first-order valence-electron chi connectivity index (χ1n) is 7.72. The van der Waals surface area contributed by atoms with Crippen molar-refractivity contribution in [3.05, 3.63) is 40.4 Å². The van der Waals surface area contributed by atoms with E-state index in [1.165, 1.54) is 4.90 Å². The lowest BCUT2D eigenvalue weighted by atomic mass is 9.85. The van der Waals surface area contributed by atoms with Gasteiger partial charge in [0.15, 0.2) is 0 Å². The zero-order valence-electron chi connectivity index (χ0n) is 12.8. The van der Waals surface area contributed by atoms with Crippen molar-refractivity contribution in [2.45, 2.75) is 19.3 Å². The highest BCUT2D eigenvalue weighted by atomic mass is 35.5. The number of halogens is 2. The molecule has 1 aliphatic carbocycles. The molecule has 1 heterocycles. The highest BCUT2D eigenvalue weighted by Crippen LogP contribution is 2.35. The molecule has 0 aromatic heterocycles. The van der Waals surface area contributed by atoms with Crippen LogP contribution < -0.4 is 5.32 Å². The molecule has 0 radical (unpaired) electrons. The summed E-state index contributed by atoms with van der Waals surface area (Å²) in [5.74, 6) is -1.18. The van der Waals surface area contributed by atoms with Gasteiger partial charge in [-0.1, -0.05) is 35.4 Å². The molecular formula is C17H16Cl2N2O3. The van der Waals surface area contributed by atoms with E-state index >= 15 is 0 Å². The van der Waals surface area contributed by atoms with Gasteiger partial charge in [0.05, 0.1) is 11.8 Å². The number of carbonyl (C=O) groups is 3. The van der Waals surface area contributed by atoms with Crippen molar-refractivity contribution in [1.29, 1.82) is 0 Å². The highest BCUT2D eigenvalue weighted by Gasteiger charge is 2.46. The molecule has 0 unspecified atom stereocenters. The van der Waals surface area contributed by atoms with Gasteiger partial charge in [-0.15, -0.1) is 0 Å². The summed E-state index contributed by atoms with van der Waals surface area (Å²) in [6.45, 7) is 0.0881. The fourth-order valence-corrected chi connectivity index (χ4v) is 3.68. The number of benzene rings is 1. The molecule has 0 bridgehead atoms. The Kier molecular flexibility index (Phi) is 4.92. The molecule has 24 heavy (non-hydrogen) atoms. The van der Waals surface area contributed by atoms with Gasteiger partial charge < -0.3 is 5.32 Å². The maximum atomic E-state index is 12.3. The Hall–Kier alpha value is -1.85. The molecule has 0 saturated carbocycles. The number of amides is 3. The van der Waals surface area contributed by atoms with Gasteiger partial charge in [-0.25, -0.2) is 0 Å². The second-order valence-corrected chi connectivity index (χ2v) is 6.81. The predicted octanol–water partition coefficient (Wildman–Crippen LogP) is 3.27. The Morgan fingerprint density at radius 3 is 2.12 bits per heavy atom. The normalized spacial score (nSPS) is 22.7. The van der Waals surface area contributed by atoms with Gasteiger partial charge in [0.25, 0.3) is 0 Å². The third-order valence-corrected chi connectivity index (χ3v) is 4.74. The number of fused-ring (bicyclic) bond motifs is 1. The zero-order chi connectivity index (χ0) is 17.3. The third kappa shape index (κ3) is 3.47. The number of hydrogen-bond acceptors (Lipinski definition) is 3. The molecule has 5 nitrogen and oxygen atoms in total. The smallest absolute Gasteiger partial charge is 0.233 e. The number of rotatable bonds is 4. The van der Waals surface area contributed by atoms with Gasteiger partial charge in [-0.05, 0) is 31.0 Å². The van der Waals surface area contributed by atoms with Crippen LogP contribution >= 0.6 is 23.2 Å². The molecule has 0 spiro atoms. The van der Waals surface area contributed by atoms with Gasteiger partial charge in [-0.3, -0.25) is 19.3 Å². The summed E-state index contributed by atoms with van der Waals surface area (Å²) in [4.78, 5) is 37.9. The monoisotopic (exact) mass is 366 g/mol. The highest BCUT2D eigenvalue weighted by molar-refractivity contribution is 6.35. The number of imide groups is 1. The molecule has 1 aromatic rings. The predicted molar refractivity (Wildman–Crippen MR) is 91.8 cm³/mol. The fourth-order valence-electron chi connectivity index (χ4n) is 3.15. The lowest BCUT2D eigenvalue weighted by molar-refractivity contribution is -0.140. The van der Waals surface area contributed by atoms with Gasteiger partial charge in [0.1, 0.15) is 0 Å². The van der Waals surface area contributed by atoms with Crippen LogP contribution in [0.2, 0.25) is 10.0 Å². The zero-order valence-corrected chi connectivity index (χ0v) is 14.3. The molecule has 2 atom stereocenters. The van der Waals surface area contributed by atoms with Crippen molar-refractivity contribution in [3.8, 4) is 0 Å². The number of likely N-dealkylation sites (tertiary alicyclic amines) is 1. The van der Waals surface area contributed by atoms with Crippen LogP contribution in [0.1, 0.15) is 19.3 Å². The van der Waals surface area contributed by atoms with Crippen LogP contribution in [0.15, 0.2) is 30.4 Å². The van der Waals surface area contributed by atoms with E-state index in [2.05, 4.69) is 5.32 Å².